The highest BCUT2D eigenvalue weighted by Gasteiger charge is 2.21. The van der Waals surface area contributed by atoms with Crippen LogP contribution in [0.15, 0.2) is 41.6 Å². The van der Waals surface area contributed by atoms with Gasteiger partial charge in [-0.3, -0.25) is 0 Å². The molecule has 0 saturated heterocycles. The van der Waals surface area contributed by atoms with Crippen LogP contribution in [0.2, 0.25) is 0 Å². The maximum absolute atomic E-state index is 12.5. The fourth-order valence-corrected chi connectivity index (χ4v) is 3.37. The van der Waals surface area contributed by atoms with E-state index in [1.807, 2.05) is 25.1 Å². The first kappa shape index (κ1) is 15.8. The third-order valence-electron chi connectivity index (χ3n) is 3.47. The van der Waals surface area contributed by atoms with Crippen molar-refractivity contribution in [3.05, 3.63) is 53.3 Å². The highest BCUT2D eigenvalue weighted by Crippen LogP contribution is 2.26. The molecule has 4 nitrogen and oxygen atoms in total. The fraction of sp³-hybridized carbons (Fsp3) is 0.375. The van der Waals surface area contributed by atoms with Gasteiger partial charge in [-0.25, -0.2) is 13.1 Å². The first-order chi connectivity index (χ1) is 9.70. The van der Waals surface area contributed by atoms with Gasteiger partial charge < -0.3 is 4.98 Å². The number of nitrogens with one attached hydrogen (secondary N) is 2. The molecule has 1 heterocycles. The van der Waals surface area contributed by atoms with Gasteiger partial charge in [0.25, 0.3) is 0 Å². The summed E-state index contributed by atoms with van der Waals surface area (Å²) in [5.74, 6) is 0. The Kier molecular flexibility index (Phi) is 4.25. The molecular formula is C16H22N2O2S. The number of rotatable bonds is 4. The molecule has 0 aliphatic carbocycles. The third kappa shape index (κ3) is 3.74. The van der Waals surface area contributed by atoms with Crippen LogP contribution >= 0.6 is 0 Å². The summed E-state index contributed by atoms with van der Waals surface area (Å²) in [6, 6.07) is 7.47. The molecule has 0 amide bonds. The molecule has 2 rings (SSSR count). The Hall–Kier alpha value is -1.59. The maximum atomic E-state index is 12.5. The molecule has 0 bridgehead atoms. The van der Waals surface area contributed by atoms with Gasteiger partial charge in [0.05, 0.1) is 4.90 Å². The molecule has 5 heteroatoms. The van der Waals surface area contributed by atoms with Crippen LogP contribution in [0.5, 0.6) is 0 Å². The maximum Gasteiger partial charge on any atom is 0.241 e. The smallest absolute Gasteiger partial charge is 0.241 e. The van der Waals surface area contributed by atoms with Crippen molar-refractivity contribution < 1.29 is 8.42 Å². The summed E-state index contributed by atoms with van der Waals surface area (Å²) >= 11 is 0. The lowest BCUT2D eigenvalue weighted by Crippen LogP contribution is -2.24. The second-order valence-electron chi connectivity index (χ2n) is 6.27. The van der Waals surface area contributed by atoms with Gasteiger partial charge in [0.2, 0.25) is 10.0 Å². The topological polar surface area (TPSA) is 62.0 Å². The largest absolute Gasteiger partial charge is 0.367 e. The molecule has 0 fully saturated rings. The molecule has 2 aromatic rings. The highest BCUT2D eigenvalue weighted by molar-refractivity contribution is 7.89. The molecule has 1 aromatic carbocycles. The molecule has 0 atom stereocenters. The van der Waals surface area contributed by atoms with E-state index in [0.29, 0.717) is 4.90 Å². The average molecular weight is 306 g/mol. The molecule has 0 saturated carbocycles. The molecule has 0 aliphatic rings. The molecule has 0 spiro atoms. The zero-order chi connectivity index (χ0) is 15.7. The number of hydrogen-bond acceptors (Lipinski definition) is 2. The van der Waals surface area contributed by atoms with E-state index >= 15 is 0 Å². The van der Waals surface area contributed by atoms with Crippen molar-refractivity contribution in [3.8, 4) is 0 Å². The van der Waals surface area contributed by atoms with E-state index in [1.165, 1.54) is 0 Å². The van der Waals surface area contributed by atoms with Gasteiger partial charge in [0.15, 0.2) is 0 Å². The lowest BCUT2D eigenvalue weighted by molar-refractivity contribution is 0.575. The number of benzene rings is 1. The number of aryl methyl sites for hydroxylation is 1. The zero-order valence-corrected chi connectivity index (χ0v) is 13.7. The van der Waals surface area contributed by atoms with E-state index in [-0.39, 0.29) is 12.0 Å². The lowest BCUT2D eigenvalue weighted by Gasteiger charge is -2.20. The van der Waals surface area contributed by atoms with Crippen molar-refractivity contribution in [1.29, 1.82) is 0 Å². The quantitative estimate of drug-likeness (QED) is 0.911. The summed E-state index contributed by atoms with van der Waals surface area (Å²) in [6.45, 7) is 8.31. The van der Waals surface area contributed by atoms with Crippen LogP contribution in [-0.2, 0) is 22.0 Å². The Morgan fingerprint density at radius 1 is 1.19 bits per heavy atom. The number of sulfonamides is 1. The highest BCUT2D eigenvalue weighted by atomic mass is 32.2. The number of aromatic nitrogens is 1. The van der Waals surface area contributed by atoms with Crippen molar-refractivity contribution in [2.75, 3.05) is 0 Å². The average Bonchev–Trinajstić information content (AvgIpc) is 2.88. The lowest BCUT2D eigenvalue weighted by atomic mass is 9.87. The van der Waals surface area contributed by atoms with Gasteiger partial charge in [-0.15, -0.1) is 0 Å². The monoisotopic (exact) mass is 306 g/mol. The van der Waals surface area contributed by atoms with Gasteiger partial charge in [-0.2, -0.15) is 0 Å². The Labute approximate surface area is 126 Å². The second kappa shape index (κ2) is 5.66. The Morgan fingerprint density at radius 2 is 1.90 bits per heavy atom. The molecule has 0 aliphatic heterocycles. The van der Waals surface area contributed by atoms with Crippen LogP contribution < -0.4 is 4.72 Å². The predicted octanol–water partition coefficient (Wildman–Crippen LogP) is 3.10. The normalized spacial score (nSPS) is 12.6. The SMILES string of the molecule is Cc1ccc(C(C)(C)C)cc1S(=O)(=O)NCc1cc[nH]c1. The van der Waals surface area contributed by atoms with E-state index in [9.17, 15) is 8.42 Å². The summed E-state index contributed by atoms with van der Waals surface area (Å²) < 4.78 is 27.7. The molecule has 21 heavy (non-hydrogen) atoms. The van der Waals surface area contributed by atoms with Crippen molar-refractivity contribution in [2.24, 2.45) is 0 Å². The minimum atomic E-state index is -3.51. The van der Waals surface area contributed by atoms with Crippen LogP contribution in [0, 0.1) is 6.92 Å². The van der Waals surface area contributed by atoms with Crippen molar-refractivity contribution >= 4 is 10.0 Å². The summed E-state index contributed by atoms with van der Waals surface area (Å²) in [6.07, 6.45) is 3.55. The standard InChI is InChI=1S/C16H22N2O2S/c1-12-5-6-14(16(2,3)4)9-15(12)21(19,20)18-11-13-7-8-17-10-13/h5-10,17-18H,11H2,1-4H3. The third-order valence-corrected chi connectivity index (χ3v) is 5.02. The van der Waals surface area contributed by atoms with Gasteiger partial charge in [0, 0.05) is 18.9 Å². The minimum Gasteiger partial charge on any atom is -0.367 e. The van der Waals surface area contributed by atoms with E-state index in [1.54, 1.807) is 18.5 Å². The van der Waals surface area contributed by atoms with Gasteiger partial charge in [0.1, 0.15) is 0 Å². The number of aromatic amines is 1. The first-order valence-corrected chi connectivity index (χ1v) is 8.41. The molecule has 1 aromatic heterocycles. The number of hydrogen-bond donors (Lipinski definition) is 2. The summed E-state index contributed by atoms with van der Waals surface area (Å²) in [7, 11) is -3.51. The summed E-state index contributed by atoms with van der Waals surface area (Å²) in [5.41, 5.74) is 2.58. The molecule has 0 radical (unpaired) electrons. The molecule has 2 N–H and O–H groups in total. The van der Waals surface area contributed by atoms with Gasteiger partial charge in [-0.1, -0.05) is 32.9 Å². The van der Waals surface area contributed by atoms with Gasteiger partial charge in [-0.05, 0) is 41.2 Å². The van der Waals surface area contributed by atoms with Crippen LogP contribution in [-0.4, -0.2) is 13.4 Å². The van der Waals surface area contributed by atoms with E-state index in [2.05, 4.69) is 30.5 Å². The van der Waals surface area contributed by atoms with Crippen LogP contribution in [0.4, 0.5) is 0 Å². The minimum absolute atomic E-state index is 0.0847. The second-order valence-corrected chi connectivity index (χ2v) is 8.01. The van der Waals surface area contributed by atoms with Crippen LogP contribution in [0.25, 0.3) is 0 Å². The molecule has 114 valence electrons. The first-order valence-electron chi connectivity index (χ1n) is 6.92. The zero-order valence-electron chi connectivity index (χ0n) is 12.9. The van der Waals surface area contributed by atoms with E-state index in [4.69, 9.17) is 0 Å². The van der Waals surface area contributed by atoms with Gasteiger partial charge >= 0.3 is 0 Å². The van der Waals surface area contributed by atoms with Crippen molar-refractivity contribution in [3.63, 3.8) is 0 Å². The van der Waals surface area contributed by atoms with E-state index in [0.717, 1.165) is 16.7 Å². The Balaban J connectivity index is 2.31. The van der Waals surface area contributed by atoms with Crippen LogP contribution in [0.3, 0.4) is 0 Å². The predicted molar refractivity (Wildman–Crippen MR) is 84.7 cm³/mol. The van der Waals surface area contributed by atoms with Crippen molar-refractivity contribution in [1.82, 2.24) is 9.71 Å². The fourth-order valence-electron chi connectivity index (χ4n) is 2.08. The number of H-pyrrole nitrogens is 1. The van der Waals surface area contributed by atoms with E-state index < -0.39 is 10.0 Å². The summed E-state index contributed by atoms with van der Waals surface area (Å²) in [4.78, 5) is 3.26. The Bertz CT molecular complexity index is 711. The molecular weight excluding hydrogens is 284 g/mol. The molecule has 0 unspecified atom stereocenters. The van der Waals surface area contributed by atoms with Crippen molar-refractivity contribution in [2.45, 2.75) is 44.6 Å². The summed E-state index contributed by atoms with van der Waals surface area (Å²) in [5, 5.41) is 0. The van der Waals surface area contributed by atoms with Crippen LogP contribution in [0.1, 0.15) is 37.5 Å². The Morgan fingerprint density at radius 3 is 2.48 bits per heavy atom.